The van der Waals surface area contributed by atoms with Gasteiger partial charge in [-0.05, 0) is 95.6 Å². The molecule has 1 saturated carbocycles. The Hall–Kier alpha value is -0.960. The van der Waals surface area contributed by atoms with Crippen molar-refractivity contribution in [3.05, 3.63) is 35.4 Å². The van der Waals surface area contributed by atoms with Crippen molar-refractivity contribution in [3.8, 4) is 0 Å². The van der Waals surface area contributed by atoms with E-state index >= 15 is 0 Å². The third-order valence-corrected chi connectivity index (χ3v) is 10.8. The molecular formula is C24H42N2O4S2. The Morgan fingerprint density at radius 3 is 1.97 bits per heavy atom. The first-order valence-electron chi connectivity index (χ1n) is 11.8. The second-order valence-corrected chi connectivity index (χ2v) is 15.4. The van der Waals surface area contributed by atoms with Gasteiger partial charge in [0.15, 0.2) is 0 Å². The smallest absolute Gasteiger partial charge is 0.215 e. The summed E-state index contributed by atoms with van der Waals surface area (Å²) in [4.78, 5) is 0. The zero-order chi connectivity index (χ0) is 24.2. The van der Waals surface area contributed by atoms with Gasteiger partial charge in [0.1, 0.15) is 0 Å². The number of nitrogens with one attached hydrogen (secondary N) is 2. The fraction of sp³-hybridized carbons (Fsp3) is 0.750. The number of benzene rings is 1. The summed E-state index contributed by atoms with van der Waals surface area (Å²) in [6.45, 7) is 11.6. The van der Waals surface area contributed by atoms with Crippen LogP contribution in [0.5, 0.6) is 0 Å². The molecule has 0 radical (unpaired) electrons. The van der Waals surface area contributed by atoms with Crippen LogP contribution in [0.4, 0.5) is 0 Å². The van der Waals surface area contributed by atoms with E-state index in [1.165, 1.54) is 5.56 Å². The van der Waals surface area contributed by atoms with E-state index in [0.717, 1.165) is 31.2 Å². The van der Waals surface area contributed by atoms with Crippen LogP contribution in [0.2, 0.25) is 0 Å². The molecule has 1 aromatic rings. The summed E-state index contributed by atoms with van der Waals surface area (Å²) in [5, 5.41) is -0.396. The molecule has 0 aliphatic heterocycles. The molecule has 0 heterocycles. The molecule has 1 unspecified atom stereocenters. The zero-order valence-electron chi connectivity index (χ0n) is 20.5. The Labute approximate surface area is 196 Å². The first-order valence-corrected chi connectivity index (χ1v) is 14.8. The second-order valence-electron chi connectivity index (χ2n) is 10.5. The standard InChI is InChI=1S/C24H42N2O4S2/c1-18(2)31(27,28)26-17-19(3)21-11-13-23(14-12-21)22-9-7-20(8-10-22)15-16-25-32(29,30)24(4,5)6/h7-10,18-19,21,23,25-26H,11-17H2,1-6H3. The van der Waals surface area contributed by atoms with Gasteiger partial charge in [0.25, 0.3) is 0 Å². The van der Waals surface area contributed by atoms with E-state index in [0.29, 0.717) is 37.3 Å². The van der Waals surface area contributed by atoms with Crippen LogP contribution in [0.15, 0.2) is 24.3 Å². The van der Waals surface area contributed by atoms with Crippen molar-refractivity contribution in [1.29, 1.82) is 0 Å². The van der Waals surface area contributed by atoms with E-state index in [-0.39, 0.29) is 0 Å². The van der Waals surface area contributed by atoms with Gasteiger partial charge in [0, 0.05) is 13.1 Å². The van der Waals surface area contributed by atoms with Gasteiger partial charge in [-0.2, -0.15) is 0 Å². The summed E-state index contributed by atoms with van der Waals surface area (Å²) >= 11 is 0. The monoisotopic (exact) mass is 486 g/mol. The number of hydrogen-bond donors (Lipinski definition) is 2. The first-order chi connectivity index (χ1) is 14.7. The van der Waals surface area contributed by atoms with Crippen molar-refractivity contribution >= 4 is 20.0 Å². The zero-order valence-corrected chi connectivity index (χ0v) is 22.2. The molecule has 2 rings (SSSR count). The van der Waals surface area contributed by atoms with Gasteiger partial charge in [-0.15, -0.1) is 0 Å². The minimum atomic E-state index is -3.31. The third-order valence-electron chi connectivity index (χ3n) is 6.77. The average molecular weight is 487 g/mol. The number of sulfonamides is 2. The van der Waals surface area contributed by atoms with E-state index in [1.807, 2.05) is 0 Å². The largest absolute Gasteiger partial charge is 0.216 e. The van der Waals surface area contributed by atoms with E-state index < -0.39 is 30.0 Å². The van der Waals surface area contributed by atoms with Crippen LogP contribution in [0.3, 0.4) is 0 Å². The Kier molecular flexibility index (Phi) is 9.36. The Bertz CT molecular complexity index is 925. The lowest BCUT2D eigenvalue weighted by atomic mass is 9.74. The molecule has 1 aliphatic rings. The minimum Gasteiger partial charge on any atom is -0.215 e. The quantitative estimate of drug-likeness (QED) is 0.519. The molecule has 0 aromatic heterocycles. The van der Waals surface area contributed by atoms with Crippen LogP contribution in [-0.2, 0) is 26.5 Å². The topological polar surface area (TPSA) is 92.3 Å². The summed E-state index contributed by atoms with van der Waals surface area (Å²) < 4.78 is 53.0. The fourth-order valence-corrected chi connectivity index (χ4v) is 5.74. The molecule has 0 saturated heterocycles. The Morgan fingerprint density at radius 2 is 1.47 bits per heavy atom. The molecule has 1 fully saturated rings. The highest BCUT2D eigenvalue weighted by Gasteiger charge is 2.29. The van der Waals surface area contributed by atoms with Crippen LogP contribution < -0.4 is 9.44 Å². The van der Waals surface area contributed by atoms with Crippen LogP contribution in [0.1, 0.15) is 84.3 Å². The van der Waals surface area contributed by atoms with Crippen molar-refractivity contribution in [3.63, 3.8) is 0 Å². The lowest BCUT2D eigenvalue weighted by Crippen LogP contribution is -2.40. The van der Waals surface area contributed by atoms with Gasteiger partial charge in [0.2, 0.25) is 20.0 Å². The van der Waals surface area contributed by atoms with Crippen LogP contribution in [-0.4, -0.2) is 39.9 Å². The highest BCUT2D eigenvalue weighted by atomic mass is 32.2. The lowest BCUT2D eigenvalue weighted by molar-refractivity contribution is 0.246. The van der Waals surface area contributed by atoms with Gasteiger partial charge in [-0.3, -0.25) is 0 Å². The molecule has 1 atom stereocenters. The first kappa shape index (κ1) is 27.3. The van der Waals surface area contributed by atoms with Crippen molar-refractivity contribution in [1.82, 2.24) is 9.44 Å². The van der Waals surface area contributed by atoms with E-state index in [1.54, 1.807) is 34.6 Å². The lowest BCUT2D eigenvalue weighted by Gasteiger charge is -2.32. The van der Waals surface area contributed by atoms with E-state index in [2.05, 4.69) is 40.6 Å². The summed E-state index contributed by atoms with van der Waals surface area (Å²) in [6, 6.07) is 8.57. The fourth-order valence-electron chi connectivity index (χ4n) is 4.11. The molecule has 2 N–H and O–H groups in total. The minimum absolute atomic E-state index is 0.337. The van der Waals surface area contributed by atoms with Crippen LogP contribution in [0.25, 0.3) is 0 Å². The van der Waals surface area contributed by atoms with E-state index in [4.69, 9.17) is 0 Å². The van der Waals surface area contributed by atoms with Crippen molar-refractivity contribution < 1.29 is 16.8 Å². The summed E-state index contributed by atoms with van der Waals surface area (Å²) in [6.07, 6.45) is 5.15. The number of rotatable bonds is 10. The highest BCUT2D eigenvalue weighted by molar-refractivity contribution is 7.90. The molecular weight excluding hydrogens is 444 g/mol. The normalized spacial score (nSPS) is 21.6. The molecule has 184 valence electrons. The third kappa shape index (κ3) is 7.54. The highest BCUT2D eigenvalue weighted by Crippen LogP contribution is 2.38. The maximum Gasteiger partial charge on any atom is 0.216 e. The molecule has 0 bridgehead atoms. The maximum atomic E-state index is 12.2. The SMILES string of the molecule is CC(CNS(=O)(=O)C(C)C)C1CCC(c2ccc(CCNS(=O)(=O)C(C)(C)C)cc2)CC1. The predicted octanol–water partition coefficient (Wildman–Crippen LogP) is 4.18. The number of hydrogen-bond acceptors (Lipinski definition) is 4. The van der Waals surface area contributed by atoms with Gasteiger partial charge >= 0.3 is 0 Å². The maximum absolute atomic E-state index is 12.2. The molecule has 1 aromatic carbocycles. The van der Waals surface area contributed by atoms with Crippen LogP contribution in [0, 0.1) is 11.8 Å². The van der Waals surface area contributed by atoms with Crippen molar-refractivity contribution in [2.45, 2.75) is 89.6 Å². The molecule has 32 heavy (non-hydrogen) atoms. The molecule has 0 spiro atoms. The van der Waals surface area contributed by atoms with E-state index in [9.17, 15) is 16.8 Å². The summed E-state index contributed by atoms with van der Waals surface area (Å²) in [5.74, 6) is 1.43. The Balaban J connectivity index is 1.80. The second kappa shape index (κ2) is 11.0. The van der Waals surface area contributed by atoms with Crippen molar-refractivity contribution in [2.24, 2.45) is 11.8 Å². The summed E-state index contributed by atoms with van der Waals surface area (Å²) in [7, 11) is -6.51. The van der Waals surface area contributed by atoms with Gasteiger partial charge in [-0.1, -0.05) is 31.2 Å². The van der Waals surface area contributed by atoms with Crippen LogP contribution >= 0.6 is 0 Å². The molecule has 6 nitrogen and oxygen atoms in total. The molecule has 1 aliphatic carbocycles. The molecule has 0 amide bonds. The predicted molar refractivity (Wildman–Crippen MR) is 133 cm³/mol. The van der Waals surface area contributed by atoms with Gasteiger partial charge in [0.05, 0.1) is 10.00 Å². The average Bonchev–Trinajstić information content (AvgIpc) is 2.71. The van der Waals surface area contributed by atoms with Gasteiger partial charge in [-0.25, -0.2) is 26.3 Å². The molecule has 8 heteroatoms. The Morgan fingerprint density at radius 1 is 0.906 bits per heavy atom. The van der Waals surface area contributed by atoms with Crippen molar-refractivity contribution in [2.75, 3.05) is 13.1 Å². The van der Waals surface area contributed by atoms with Gasteiger partial charge < -0.3 is 0 Å². The summed E-state index contributed by atoms with van der Waals surface area (Å²) in [5.41, 5.74) is 2.47.